The molecule has 0 spiro atoms. The Morgan fingerprint density at radius 3 is 2.07 bits per heavy atom. The molecule has 0 N–H and O–H groups in total. The second-order valence-corrected chi connectivity index (χ2v) is 3.54. The second-order valence-electron chi connectivity index (χ2n) is 3.54. The predicted molar refractivity (Wildman–Crippen MR) is 59.4 cm³/mol. The average Bonchev–Trinajstić information content (AvgIpc) is 2.59. The number of nitrogens with zero attached hydrogens (tertiary/aromatic N) is 4. The molecule has 2 rings (SSSR count). The largest absolute Gasteiger partial charge is 0.231 e. The normalized spacial score (nSPS) is 15.0. The summed E-state index contributed by atoms with van der Waals surface area (Å²) in [5.41, 5.74) is 2.36. The summed E-state index contributed by atoms with van der Waals surface area (Å²) in [4.78, 5) is 0. The van der Waals surface area contributed by atoms with Gasteiger partial charge in [-0.05, 0) is 22.9 Å². The molecule has 0 aliphatic carbocycles. The van der Waals surface area contributed by atoms with Crippen molar-refractivity contribution in [2.45, 2.75) is 6.92 Å². The van der Waals surface area contributed by atoms with Gasteiger partial charge in [-0.25, -0.2) is 10.0 Å². The third-order valence-electron chi connectivity index (χ3n) is 2.46. The Hall–Kier alpha value is -1.84. The van der Waals surface area contributed by atoms with Crippen LogP contribution in [0, 0.1) is 0 Å². The molecule has 0 radical (unpaired) electrons. The second kappa shape index (κ2) is 3.73. The summed E-state index contributed by atoms with van der Waals surface area (Å²) in [5, 5.41) is 11.5. The van der Waals surface area contributed by atoms with Crippen molar-refractivity contribution in [1.29, 1.82) is 0 Å². The van der Waals surface area contributed by atoms with Gasteiger partial charge in [0.2, 0.25) is 0 Å². The van der Waals surface area contributed by atoms with Crippen molar-refractivity contribution in [3.05, 3.63) is 41.7 Å². The summed E-state index contributed by atoms with van der Waals surface area (Å²) >= 11 is 0. The van der Waals surface area contributed by atoms with Crippen molar-refractivity contribution >= 4 is 5.57 Å². The lowest BCUT2D eigenvalue weighted by molar-refractivity contribution is 0.382. The van der Waals surface area contributed by atoms with Crippen LogP contribution in [0.2, 0.25) is 0 Å². The lowest BCUT2D eigenvalue weighted by atomic mass is 10.1. The van der Waals surface area contributed by atoms with Gasteiger partial charge in [0.1, 0.15) is 0 Å². The Labute approximate surface area is 89.5 Å². The van der Waals surface area contributed by atoms with E-state index < -0.39 is 0 Å². The van der Waals surface area contributed by atoms with Crippen molar-refractivity contribution in [3.8, 4) is 0 Å². The first-order valence-electron chi connectivity index (χ1n) is 4.85. The molecule has 4 heteroatoms. The molecule has 1 heterocycles. The molecule has 15 heavy (non-hydrogen) atoms. The zero-order valence-electron chi connectivity index (χ0n) is 9.18. The third kappa shape index (κ3) is 1.70. The van der Waals surface area contributed by atoms with E-state index in [0.717, 1.165) is 5.82 Å². The molecule has 0 fully saturated rings. The lowest BCUT2D eigenvalue weighted by Crippen LogP contribution is -2.17. The Bertz CT molecular complexity index is 394. The SMILES string of the molecule is CC(=C1N(C)N=NN1C)c1ccccc1. The highest BCUT2D eigenvalue weighted by Crippen LogP contribution is 2.25. The maximum Gasteiger partial charge on any atom is 0.151 e. The van der Waals surface area contributed by atoms with E-state index in [-0.39, 0.29) is 0 Å². The molecule has 0 saturated heterocycles. The van der Waals surface area contributed by atoms with Crippen LogP contribution in [0.3, 0.4) is 0 Å². The standard InChI is InChI=1S/C11H14N4/c1-9(10-7-5-4-6-8-10)11-14(2)12-13-15(11)3/h4-8H,1-3H3. The minimum Gasteiger partial charge on any atom is -0.231 e. The van der Waals surface area contributed by atoms with Crippen LogP contribution in [0.4, 0.5) is 0 Å². The van der Waals surface area contributed by atoms with Crippen LogP contribution in [-0.4, -0.2) is 24.1 Å². The molecule has 78 valence electrons. The molecule has 0 bridgehead atoms. The molecule has 0 unspecified atom stereocenters. The molecule has 0 aromatic heterocycles. The van der Waals surface area contributed by atoms with Gasteiger partial charge in [-0.15, -0.1) is 0 Å². The molecule has 1 aliphatic rings. The molecule has 1 aromatic rings. The summed E-state index contributed by atoms with van der Waals surface area (Å²) in [6.45, 7) is 2.08. The first kappa shape index (κ1) is 9.71. The van der Waals surface area contributed by atoms with Gasteiger partial charge in [-0.3, -0.25) is 0 Å². The molecule has 0 atom stereocenters. The van der Waals surface area contributed by atoms with E-state index in [4.69, 9.17) is 0 Å². The zero-order chi connectivity index (χ0) is 10.8. The highest BCUT2D eigenvalue weighted by atomic mass is 15.8. The Balaban J connectivity index is 2.42. The van der Waals surface area contributed by atoms with E-state index in [1.807, 2.05) is 32.3 Å². The van der Waals surface area contributed by atoms with Gasteiger partial charge >= 0.3 is 0 Å². The monoisotopic (exact) mass is 202 g/mol. The highest BCUT2D eigenvalue weighted by Gasteiger charge is 2.19. The maximum atomic E-state index is 3.97. The van der Waals surface area contributed by atoms with Crippen LogP contribution in [0.1, 0.15) is 12.5 Å². The quantitative estimate of drug-likeness (QED) is 0.700. The fraction of sp³-hybridized carbons (Fsp3) is 0.273. The Kier molecular flexibility index (Phi) is 2.41. The van der Waals surface area contributed by atoms with Crippen LogP contribution in [-0.2, 0) is 0 Å². The van der Waals surface area contributed by atoms with Gasteiger partial charge in [0.05, 0.1) is 0 Å². The molecule has 4 nitrogen and oxygen atoms in total. The minimum absolute atomic E-state index is 1.02. The van der Waals surface area contributed by atoms with Crippen molar-refractivity contribution in [1.82, 2.24) is 10.0 Å². The topological polar surface area (TPSA) is 31.2 Å². The van der Waals surface area contributed by atoms with E-state index in [0.29, 0.717) is 0 Å². The third-order valence-corrected chi connectivity index (χ3v) is 2.46. The lowest BCUT2D eigenvalue weighted by Gasteiger charge is -2.16. The smallest absolute Gasteiger partial charge is 0.151 e. The van der Waals surface area contributed by atoms with Gasteiger partial charge in [0, 0.05) is 19.7 Å². The molecule has 1 aliphatic heterocycles. The van der Waals surface area contributed by atoms with Gasteiger partial charge in [0.25, 0.3) is 0 Å². The van der Waals surface area contributed by atoms with Crippen molar-refractivity contribution < 1.29 is 0 Å². The van der Waals surface area contributed by atoms with E-state index in [9.17, 15) is 0 Å². The van der Waals surface area contributed by atoms with E-state index >= 15 is 0 Å². The number of hydrogen-bond donors (Lipinski definition) is 0. The maximum absolute atomic E-state index is 3.97. The first-order chi connectivity index (χ1) is 7.20. The van der Waals surface area contributed by atoms with E-state index in [1.165, 1.54) is 11.1 Å². The van der Waals surface area contributed by atoms with Gasteiger partial charge < -0.3 is 0 Å². The average molecular weight is 202 g/mol. The summed E-state index contributed by atoms with van der Waals surface area (Å²) in [5.74, 6) is 1.02. The van der Waals surface area contributed by atoms with Crippen molar-refractivity contribution in [2.75, 3.05) is 14.1 Å². The van der Waals surface area contributed by atoms with Crippen LogP contribution >= 0.6 is 0 Å². The Morgan fingerprint density at radius 1 is 1.00 bits per heavy atom. The summed E-state index contributed by atoms with van der Waals surface area (Å²) in [7, 11) is 3.80. The van der Waals surface area contributed by atoms with Crippen molar-refractivity contribution in [3.63, 3.8) is 0 Å². The predicted octanol–water partition coefficient (Wildman–Crippen LogP) is 2.53. The molecular formula is C11H14N4. The van der Waals surface area contributed by atoms with Gasteiger partial charge in [-0.1, -0.05) is 30.3 Å². The summed E-state index contributed by atoms with van der Waals surface area (Å²) < 4.78 is 0. The number of benzene rings is 1. The minimum atomic E-state index is 1.02. The summed E-state index contributed by atoms with van der Waals surface area (Å²) in [6, 6.07) is 10.2. The zero-order valence-corrected chi connectivity index (χ0v) is 9.18. The number of rotatable bonds is 1. The fourth-order valence-electron chi connectivity index (χ4n) is 1.72. The van der Waals surface area contributed by atoms with Crippen LogP contribution < -0.4 is 0 Å². The Morgan fingerprint density at radius 2 is 1.53 bits per heavy atom. The van der Waals surface area contributed by atoms with E-state index in [2.05, 4.69) is 29.5 Å². The van der Waals surface area contributed by atoms with Gasteiger partial charge in [0.15, 0.2) is 5.82 Å². The highest BCUT2D eigenvalue weighted by molar-refractivity contribution is 5.66. The van der Waals surface area contributed by atoms with Crippen molar-refractivity contribution in [2.24, 2.45) is 10.4 Å². The number of allylic oxidation sites excluding steroid dienone is 1. The van der Waals surface area contributed by atoms with E-state index in [1.54, 1.807) is 10.0 Å². The molecule has 0 amide bonds. The van der Waals surface area contributed by atoms with Crippen LogP contribution in [0.15, 0.2) is 46.6 Å². The molecule has 1 aromatic carbocycles. The first-order valence-corrected chi connectivity index (χ1v) is 4.85. The van der Waals surface area contributed by atoms with Gasteiger partial charge in [-0.2, -0.15) is 0 Å². The number of hydrogen-bond acceptors (Lipinski definition) is 4. The van der Waals surface area contributed by atoms with Crippen LogP contribution in [0.5, 0.6) is 0 Å². The fourth-order valence-corrected chi connectivity index (χ4v) is 1.72. The summed E-state index contributed by atoms with van der Waals surface area (Å²) in [6.07, 6.45) is 0. The van der Waals surface area contributed by atoms with Crippen LogP contribution in [0.25, 0.3) is 5.57 Å². The molecular weight excluding hydrogens is 188 g/mol. The molecule has 0 saturated carbocycles.